The second-order valence-corrected chi connectivity index (χ2v) is 9.04. The SMILES string of the molecule is CC(C)Oc1ccc(-c2nc(-c3cccc4c3CCC4)no2)cc1C#N.NC(=O)N1CCC(N)C1. The van der Waals surface area contributed by atoms with Gasteiger partial charge >= 0.3 is 6.03 Å². The number of carbonyl (C=O) groups is 1. The summed E-state index contributed by atoms with van der Waals surface area (Å²) in [6.07, 6.45) is 4.21. The average molecular weight is 475 g/mol. The number of aromatic nitrogens is 2. The number of ether oxygens (including phenoxy) is 1. The minimum atomic E-state index is -0.358. The summed E-state index contributed by atoms with van der Waals surface area (Å²) < 4.78 is 11.1. The zero-order chi connectivity index (χ0) is 24.9. The molecule has 1 atom stereocenters. The Balaban J connectivity index is 0.000000271. The standard InChI is InChI=1S/C21H19N3O2.C5H11N3O/c1-13(2)25-19-10-9-15(11-16(19)12-22)21-23-20(24-26-21)18-8-4-6-14-5-3-7-17(14)18;6-4-1-2-8(3-4)5(7)9/h4,6,8-11,13H,3,5,7H2,1-2H3;4H,1-3,6H2,(H2,7,9). The first kappa shape index (κ1) is 24.2. The maximum atomic E-state index is 10.4. The van der Waals surface area contributed by atoms with Gasteiger partial charge in [0.2, 0.25) is 5.82 Å². The molecule has 35 heavy (non-hydrogen) atoms. The minimum absolute atomic E-state index is 0.00290. The van der Waals surface area contributed by atoms with Crippen molar-refractivity contribution in [3.05, 3.63) is 53.1 Å². The lowest BCUT2D eigenvalue weighted by atomic mass is 10.0. The molecule has 2 amide bonds. The molecule has 2 aromatic carbocycles. The molecule has 0 saturated carbocycles. The maximum absolute atomic E-state index is 10.4. The molecular weight excluding hydrogens is 444 g/mol. The van der Waals surface area contributed by atoms with Crippen LogP contribution in [0.3, 0.4) is 0 Å². The second-order valence-electron chi connectivity index (χ2n) is 9.04. The quantitative estimate of drug-likeness (QED) is 0.587. The van der Waals surface area contributed by atoms with E-state index in [1.54, 1.807) is 17.0 Å². The van der Waals surface area contributed by atoms with Crippen molar-refractivity contribution < 1.29 is 14.1 Å². The molecule has 0 bridgehead atoms. The van der Waals surface area contributed by atoms with Gasteiger partial charge in [-0.15, -0.1) is 0 Å². The van der Waals surface area contributed by atoms with Crippen molar-refractivity contribution in [1.82, 2.24) is 15.0 Å². The molecule has 0 radical (unpaired) electrons. The van der Waals surface area contributed by atoms with E-state index in [0.717, 1.165) is 31.4 Å². The third-order valence-corrected chi connectivity index (χ3v) is 6.06. The Hall–Kier alpha value is -3.90. The lowest BCUT2D eigenvalue weighted by Crippen LogP contribution is -2.35. The van der Waals surface area contributed by atoms with Crippen LogP contribution in [0, 0.1) is 11.3 Å². The van der Waals surface area contributed by atoms with Gasteiger partial charge in [-0.2, -0.15) is 10.2 Å². The largest absolute Gasteiger partial charge is 0.490 e. The summed E-state index contributed by atoms with van der Waals surface area (Å²) in [6, 6.07) is 13.5. The van der Waals surface area contributed by atoms with Gasteiger partial charge in [-0.3, -0.25) is 0 Å². The number of aryl methyl sites for hydroxylation is 1. The third kappa shape index (κ3) is 5.61. The zero-order valence-corrected chi connectivity index (χ0v) is 20.0. The first-order valence-corrected chi connectivity index (χ1v) is 11.8. The predicted octanol–water partition coefficient (Wildman–Crippen LogP) is 3.65. The molecule has 182 valence electrons. The van der Waals surface area contributed by atoms with Crippen molar-refractivity contribution in [2.24, 2.45) is 11.5 Å². The number of likely N-dealkylation sites (tertiary alicyclic amines) is 1. The summed E-state index contributed by atoms with van der Waals surface area (Å²) in [6.45, 7) is 5.20. The highest BCUT2D eigenvalue weighted by Crippen LogP contribution is 2.33. The summed E-state index contributed by atoms with van der Waals surface area (Å²) in [5.74, 6) is 1.56. The van der Waals surface area contributed by atoms with Gasteiger partial charge < -0.3 is 25.6 Å². The summed E-state index contributed by atoms with van der Waals surface area (Å²) in [4.78, 5) is 16.6. The average Bonchev–Trinajstić information content (AvgIpc) is 3.59. The second kappa shape index (κ2) is 10.6. The van der Waals surface area contributed by atoms with E-state index in [1.165, 1.54) is 17.5 Å². The highest BCUT2D eigenvalue weighted by Gasteiger charge is 2.21. The van der Waals surface area contributed by atoms with Gasteiger partial charge in [0.05, 0.1) is 11.7 Å². The van der Waals surface area contributed by atoms with Crippen LogP contribution in [-0.2, 0) is 12.8 Å². The summed E-state index contributed by atoms with van der Waals surface area (Å²) in [7, 11) is 0. The van der Waals surface area contributed by atoms with E-state index >= 15 is 0 Å². The van der Waals surface area contributed by atoms with Gasteiger partial charge in [-0.05, 0) is 68.9 Å². The highest BCUT2D eigenvalue weighted by atomic mass is 16.5. The number of amides is 2. The predicted molar refractivity (Wildman–Crippen MR) is 131 cm³/mol. The van der Waals surface area contributed by atoms with Crippen LogP contribution in [0.4, 0.5) is 4.79 Å². The van der Waals surface area contributed by atoms with Gasteiger partial charge in [0.1, 0.15) is 11.8 Å². The Labute approximate surface area is 204 Å². The van der Waals surface area contributed by atoms with Gasteiger partial charge in [0, 0.05) is 30.3 Å². The smallest absolute Gasteiger partial charge is 0.314 e. The monoisotopic (exact) mass is 474 g/mol. The van der Waals surface area contributed by atoms with Crippen LogP contribution in [0.25, 0.3) is 22.8 Å². The van der Waals surface area contributed by atoms with E-state index in [4.69, 9.17) is 20.7 Å². The topological polar surface area (TPSA) is 144 Å². The molecule has 1 saturated heterocycles. The molecule has 1 aromatic heterocycles. The molecule has 1 fully saturated rings. The first-order valence-electron chi connectivity index (χ1n) is 11.8. The van der Waals surface area contributed by atoms with Crippen LogP contribution in [0.1, 0.15) is 43.4 Å². The molecule has 0 spiro atoms. The van der Waals surface area contributed by atoms with Crippen molar-refractivity contribution in [3.8, 4) is 34.7 Å². The lowest BCUT2D eigenvalue weighted by molar-refractivity contribution is 0.218. The van der Waals surface area contributed by atoms with Crippen LogP contribution in [-0.4, -0.2) is 46.3 Å². The van der Waals surface area contributed by atoms with E-state index < -0.39 is 0 Å². The number of nitrogens with two attached hydrogens (primary N) is 2. The number of primary amides is 1. The van der Waals surface area contributed by atoms with Gasteiger partial charge in [0.15, 0.2) is 0 Å². The summed E-state index contributed by atoms with van der Waals surface area (Å²) in [5.41, 5.74) is 15.4. The zero-order valence-electron chi connectivity index (χ0n) is 20.0. The van der Waals surface area contributed by atoms with E-state index in [2.05, 4.69) is 22.3 Å². The van der Waals surface area contributed by atoms with Gasteiger partial charge in [-0.1, -0.05) is 23.4 Å². The number of fused-ring (bicyclic) bond motifs is 1. The molecule has 2 aliphatic rings. The molecule has 9 heteroatoms. The van der Waals surface area contributed by atoms with Gasteiger partial charge in [0.25, 0.3) is 5.89 Å². The fraction of sp³-hybridized carbons (Fsp3) is 0.385. The van der Waals surface area contributed by atoms with Crippen LogP contribution in [0.15, 0.2) is 40.9 Å². The van der Waals surface area contributed by atoms with Crippen molar-refractivity contribution in [3.63, 3.8) is 0 Å². The number of hydrogen-bond acceptors (Lipinski definition) is 7. The van der Waals surface area contributed by atoms with Gasteiger partial charge in [-0.25, -0.2) is 4.79 Å². The summed E-state index contributed by atoms with van der Waals surface area (Å²) in [5, 5.41) is 13.6. The number of benzene rings is 2. The van der Waals surface area contributed by atoms with E-state index in [1.807, 2.05) is 32.0 Å². The molecule has 3 aromatic rings. The minimum Gasteiger partial charge on any atom is -0.490 e. The molecule has 1 unspecified atom stereocenters. The van der Waals surface area contributed by atoms with Crippen LogP contribution < -0.4 is 16.2 Å². The Morgan fingerprint density at radius 1 is 1.29 bits per heavy atom. The molecule has 5 rings (SSSR count). The fourth-order valence-corrected chi connectivity index (χ4v) is 4.37. The molecule has 2 heterocycles. The van der Waals surface area contributed by atoms with Crippen LogP contribution in [0.2, 0.25) is 0 Å². The fourth-order valence-electron chi connectivity index (χ4n) is 4.37. The van der Waals surface area contributed by atoms with Crippen molar-refractivity contribution in [1.29, 1.82) is 5.26 Å². The normalized spacial score (nSPS) is 16.4. The van der Waals surface area contributed by atoms with E-state index in [0.29, 0.717) is 35.1 Å². The lowest BCUT2D eigenvalue weighted by Gasteiger charge is -2.11. The Kier molecular flexibility index (Phi) is 7.32. The van der Waals surface area contributed by atoms with E-state index in [-0.39, 0.29) is 18.2 Å². The maximum Gasteiger partial charge on any atom is 0.314 e. The third-order valence-electron chi connectivity index (χ3n) is 6.06. The summed E-state index contributed by atoms with van der Waals surface area (Å²) >= 11 is 0. The number of hydrogen-bond donors (Lipinski definition) is 2. The molecular formula is C26H30N6O3. The molecule has 1 aliphatic heterocycles. The molecule has 1 aliphatic carbocycles. The van der Waals surface area contributed by atoms with Crippen molar-refractivity contribution in [2.75, 3.05) is 13.1 Å². The molecule has 4 N–H and O–H groups in total. The highest BCUT2D eigenvalue weighted by molar-refractivity contribution is 5.72. The van der Waals surface area contributed by atoms with E-state index in [9.17, 15) is 10.1 Å². The Morgan fingerprint density at radius 3 is 2.77 bits per heavy atom. The number of carbonyl (C=O) groups excluding carboxylic acids is 1. The van der Waals surface area contributed by atoms with Crippen LogP contribution in [0.5, 0.6) is 5.75 Å². The Bertz CT molecular complexity index is 1250. The molecule has 9 nitrogen and oxygen atoms in total. The number of rotatable bonds is 4. The number of nitrogens with zero attached hydrogens (tertiary/aromatic N) is 4. The first-order chi connectivity index (χ1) is 16.9. The number of urea groups is 1. The Morgan fingerprint density at radius 2 is 2.11 bits per heavy atom. The van der Waals surface area contributed by atoms with Crippen molar-refractivity contribution in [2.45, 2.75) is 51.7 Å². The number of nitriles is 1. The van der Waals surface area contributed by atoms with Crippen molar-refractivity contribution >= 4 is 6.03 Å². The van der Waals surface area contributed by atoms with Crippen LogP contribution >= 0.6 is 0 Å².